The van der Waals surface area contributed by atoms with Crippen LogP contribution in [0.2, 0.25) is 0 Å². The highest BCUT2D eigenvalue weighted by molar-refractivity contribution is 9.10. The molecule has 0 N–H and O–H groups in total. The van der Waals surface area contributed by atoms with E-state index in [1.54, 1.807) is 6.92 Å². The molecule has 2 aromatic rings. The van der Waals surface area contributed by atoms with Gasteiger partial charge in [-0.1, -0.05) is 12.1 Å². The van der Waals surface area contributed by atoms with Gasteiger partial charge in [-0.25, -0.2) is 9.18 Å². The second-order valence-corrected chi connectivity index (χ2v) is 5.38. The fourth-order valence-electron chi connectivity index (χ4n) is 1.81. The van der Waals surface area contributed by atoms with Crippen molar-refractivity contribution >= 4 is 27.6 Å². The lowest BCUT2D eigenvalue weighted by Crippen LogP contribution is -2.09. The Hall–Kier alpha value is -2.28. The fourth-order valence-corrected chi connectivity index (χ4v) is 2.20. The molecule has 114 valence electrons. The summed E-state index contributed by atoms with van der Waals surface area (Å²) in [5.74, 6) is -1.07. The predicted molar refractivity (Wildman–Crippen MR) is 81.0 cm³/mol. The topological polar surface area (TPSA) is 69.4 Å². The van der Waals surface area contributed by atoms with E-state index in [1.807, 2.05) is 0 Å². The van der Waals surface area contributed by atoms with Gasteiger partial charge in [0.2, 0.25) is 0 Å². The van der Waals surface area contributed by atoms with Crippen molar-refractivity contribution in [2.75, 3.05) is 0 Å². The lowest BCUT2D eigenvalue weighted by Gasteiger charge is -2.13. The molecule has 2 aromatic carbocycles. The number of ether oxygens (including phenoxy) is 1. The quantitative estimate of drug-likeness (QED) is 0.455. The van der Waals surface area contributed by atoms with Gasteiger partial charge < -0.3 is 4.74 Å². The SMILES string of the molecule is C[C@@H](OC(=O)c1ccc(Br)c([N+](=O)[O-])c1)c1ccc(F)cc1. The van der Waals surface area contributed by atoms with Gasteiger partial charge in [-0.15, -0.1) is 0 Å². The van der Waals surface area contributed by atoms with Gasteiger partial charge in [0.15, 0.2) is 0 Å². The average molecular weight is 368 g/mol. The third kappa shape index (κ3) is 3.67. The summed E-state index contributed by atoms with van der Waals surface area (Å²) in [7, 11) is 0. The van der Waals surface area contributed by atoms with Crippen LogP contribution in [-0.4, -0.2) is 10.9 Å². The maximum absolute atomic E-state index is 12.9. The van der Waals surface area contributed by atoms with Gasteiger partial charge in [0.1, 0.15) is 11.9 Å². The van der Waals surface area contributed by atoms with E-state index in [4.69, 9.17) is 4.74 Å². The molecular formula is C15H11BrFNO4. The molecule has 0 bridgehead atoms. The molecule has 2 rings (SSSR count). The van der Waals surface area contributed by atoms with Crippen LogP contribution in [0.3, 0.4) is 0 Å². The van der Waals surface area contributed by atoms with E-state index in [1.165, 1.54) is 36.4 Å². The number of benzene rings is 2. The Kier molecular flexibility index (Phi) is 4.87. The van der Waals surface area contributed by atoms with E-state index in [2.05, 4.69) is 15.9 Å². The Balaban J connectivity index is 2.16. The summed E-state index contributed by atoms with van der Waals surface area (Å²) in [6.45, 7) is 1.64. The average Bonchev–Trinajstić information content (AvgIpc) is 2.47. The zero-order valence-electron chi connectivity index (χ0n) is 11.5. The molecule has 0 aliphatic carbocycles. The summed E-state index contributed by atoms with van der Waals surface area (Å²) >= 11 is 3.05. The maximum atomic E-state index is 12.9. The number of nitro groups is 1. The molecule has 5 nitrogen and oxygen atoms in total. The van der Waals surface area contributed by atoms with E-state index in [0.29, 0.717) is 5.56 Å². The lowest BCUT2D eigenvalue weighted by molar-refractivity contribution is -0.385. The number of nitrogens with zero attached hydrogens (tertiary/aromatic N) is 1. The van der Waals surface area contributed by atoms with Crippen molar-refractivity contribution in [2.24, 2.45) is 0 Å². The molecule has 0 radical (unpaired) electrons. The Labute approximate surface area is 134 Å². The minimum Gasteiger partial charge on any atom is -0.454 e. The van der Waals surface area contributed by atoms with Crippen molar-refractivity contribution in [3.63, 3.8) is 0 Å². The fraction of sp³-hybridized carbons (Fsp3) is 0.133. The summed E-state index contributed by atoms with van der Waals surface area (Å²) < 4.78 is 18.4. The first-order chi connectivity index (χ1) is 10.4. The van der Waals surface area contributed by atoms with Crippen LogP contribution >= 0.6 is 15.9 Å². The molecule has 7 heteroatoms. The van der Waals surface area contributed by atoms with Gasteiger partial charge in [-0.05, 0) is 52.7 Å². The van der Waals surface area contributed by atoms with Crippen molar-refractivity contribution in [2.45, 2.75) is 13.0 Å². The molecule has 0 saturated heterocycles. The first-order valence-electron chi connectivity index (χ1n) is 6.29. The first-order valence-corrected chi connectivity index (χ1v) is 7.08. The molecule has 0 unspecified atom stereocenters. The highest BCUT2D eigenvalue weighted by Crippen LogP contribution is 2.27. The van der Waals surface area contributed by atoms with Crippen molar-refractivity contribution < 1.29 is 18.8 Å². The monoisotopic (exact) mass is 367 g/mol. The number of hydrogen-bond acceptors (Lipinski definition) is 4. The highest BCUT2D eigenvalue weighted by Gasteiger charge is 2.19. The Morgan fingerprint density at radius 1 is 1.27 bits per heavy atom. The summed E-state index contributed by atoms with van der Waals surface area (Å²) in [6.07, 6.45) is -0.601. The van der Waals surface area contributed by atoms with Gasteiger partial charge in [-0.3, -0.25) is 10.1 Å². The van der Waals surface area contributed by atoms with Gasteiger partial charge in [0.25, 0.3) is 5.69 Å². The van der Waals surface area contributed by atoms with Crippen LogP contribution in [0, 0.1) is 15.9 Å². The third-order valence-electron chi connectivity index (χ3n) is 3.00. The van der Waals surface area contributed by atoms with Gasteiger partial charge >= 0.3 is 5.97 Å². The number of esters is 1. The van der Waals surface area contributed by atoms with Gasteiger partial charge in [0, 0.05) is 6.07 Å². The zero-order chi connectivity index (χ0) is 16.3. The third-order valence-corrected chi connectivity index (χ3v) is 3.67. The van der Waals surface area contributed by atoms with Crippen LogP contribution < -0.4 is 0 Å². The molecule has 0 fully saturated rings. The van der Waals surface area contributed by atoms with Crippen LogP contribution in [0.15, 0.2) is 46.9 Å². The van der Waals surface area contributed by atoms with E-state index >= 15 is 0 Å². The molecule has 0 saturated carbocycles. The van der Waals surface area contributed by atoms with Crippen molar-refractivity contribution in [3.8, 4) is 0 Å². The molecule has 22 heavy (non-hydrogen) atoms. The van der Waals surface area contributed by atoms with Gasteiger partial charge in [-0.2, -0.15) is 0 Å². The van der Waals surface area contributed by atoms with Crippen molar-refractivity contribution in [1.82, 2.24) is 0 Å². The van der Waals surface area contributed by atoms with Crippen LogP contribution in [0.5, 0.6) is 0 Å². The molecule has 0 aromatic heterocycles. The Bertz CT molecular complexity index is 718. The molecule has 1 atom stereocenters. The summed E-state index contributed by atoms with van der Waals surface area (Å²) in [5, 5.41) is 10.9. The zero-order valence-corrected chi connectivity index (χ0v) is 13.0. The number of carbonyl (C=O) groups excluding carboxylic acids is 1. The Morgan fingerprint density at radius 2 is 1.91 bits per heavy atom. The van der Waals surface area contributed by atoms with Gasteiger partial charge in [0.05, 0.1) is 15.0 Å². The molecule has 0 aliphatic rings. The van der Waals surface area contributed by atoms with Crippen LogP contribution in [0.25, 0.3) is 0 Å². The van der Waals surface area contributed by atoms with E-state index in [-0.39, 0.29) is 21.5 Å². The van der Waals surface area contributed by atoms with E-state index in [0.717, 1.165) is 6.07 Å². The molecule has 0 aliphatic heterocycles. The maximum Gasteiger partial charge on any atom is 0.338 e. The van der Waals surface area contributed by atoms with Crippen LogP contribution in [0.1, 0.15) is 28.9 Å². The number of nitro benzene ring substituents is 1. The normalized spacial score (nSPS) is 11.8. The largest absolute Gasteiger partial charge is 0.454 e. The molecule has 0 spiro atoms. The molecular weight excluding hydrogens is 357 g/mol. The Morgan fingerprint density at radius 3 is 2.50 bits per heavy atom. The minimum atomic E-state index is -0.688. The number of hydrogen-bond donors (Lipinski definition) is 0. The van der Waals surface area contributed by atoms with Crippen LogP contribution in [0.4, 0.5) is 10.1 Å². The minimum absolute atomic E-state index is 0.0730. The highest BCUT2D eigenvalue weighted by atomic mass is 79.9. The second kappa shape index (κ2) is 6.65. The first kappa shape index (κ1) is 16.1. The standard InChI is InChI=1S/C15H11BrFNO4/c1-9(10-2-5-12(17)6-3-10)22-15(19)11-4-7-13(16)14(8-11)18(20)21/h2-9H,1H3/t9-/m1/s1. The summed E-state index contributed by atoms with van der Waals surface area (Å²) in [5.41, 5.74) is 0.481. The lowest BCUT2D eigenvalue weighted by atomic mass is 10.1. The smallest absolute Gasteiger partial charge is 0.338 e. The van der Waals surface area contributed by atoms with Crippen LogP contribution in [-0.2, 0) is 4.74 Å². The number of carbonyl (C=O) groups is 1. The summed E-state index contributed by atoms with van der Waals surface area (Å²) in [4.78, 5) is 22.3. The number of halogens is 2. The molecule has 0 amide bonds. The molecule has 0 heterocycles. The van der Waals surface area contributed by atoms with E-state index < -0.39 is 17.0 Å². The van der Waals surface area contributed by atoms with Crippen molar-refractivity contribution in [1.29, 1.82) is 0 Å². The summed E-state index contributed by atoms with van der Waals surface area (Å²) in [6, 6.07) is 9.54. The second-order valence-electron chi connectivity index (χ2n) is 4.52. The number of rotatable bonds is 4. The predicted octanol–water partition coefficient (Wildman–Crippen LogP) is 4.41. The van der Waals surface area contributed by atoms with Crippen molar-refractivity contribution in [3.05, 3.63) is 74.0 Å². The van der Waals surface area contributed by atoms with E-state index in [9.17, 15) is 19.3 Å².